The molecule has 6 rings (SSSR count). The van der Waals surface area contributed by atoms with Crippen LogP contribution in [0.1, 0.15) is 39.0 Å². The van der Waals surface area contributed by atoms with Gasteiger partial charge in [-0.3, -0.25) is 0 Å². The van der Waals surface area contributed by atoms with Gasteiger partial charge in [0.25, 0.3) is 8.32 Å². The fourth-order valence-corrected chi connectivity index (χ4v) is 11.6. The van der Waals surface area contributed by atoms with Crippen LogP contribution in [0.4, 0.5) is 0 Å². The molecule has 0 radical (unpaired) electrons. The van der Waals surface area contributed by atoms with Gasteiger partial charge in [0.05, 0.1) is 0 Å². The van der Waals surface area contributed by atoms with E-state index in [1.807, 2.05) is 0 Å². The molecule has 0 amide bonds. The summed E-state index contributed by atoms with van der Waals surface area (Å²) in [6, 6.07) is 33.0. The summed E-state index contributed by atoms with van der Waals surface area (Å²) in [5, 5.41) is 3.93. The van der Waals surface area contributed by atoms with Crippen LogP contribution in [0.5, 0.6) is 0 Å². The van der Waals surface area contributed by atoms with Crippen molar-refractivity contribution in [3.05, 3.63) is 139 Å². The summed E-state index contributed by atoms with van der Waals surface area (Å²) in [5.74, 6) is 1.80. The largest absolute Gasteiger partial charge is 2.00 e. The van der Waals surface area contributed by atoms with E-state index in [2.05, 4.69) is 140 Å². The zero-order valence-corrected chi connectivity index (χ0v) is 29.3. The van der Waals surface area contributed by atoms with Crippen molar-refractivity contribution in [1.29, 1.82) is 0 Å². The Morgan fingerprint density at radius 1 is 0.738 bits per heavy atom. The van der Waals surface area contributed by atoms with E-state index in [0.29, 0.717) is 11.8 Å². The second kappa shape index (κ2) is 15.8. The van der Waals surface area contributed by atoms with Crippen LogP contribution in [0, 0.1) is 23.2 Å². The molecular formula is C37H40Cl2OSiZr. The van der Waals surface area contributed by atoms with Gasteiger partial charge >= 0.3 is 26.2 Å². The van der Waals surface area contributed by atoms with Crippen molar-refractivity contribution < 1.29 is 55.4 Å². The Hall–Kier alpha value is -1.74. The van der Waals surface area contributed by atoms with E-state index in [1.165, 1.54) is 34.8 Å². The molecule has 1 fully saturated rings. The summed E-state index contributed by atoms with van der Waals surface area (Å²) in [6.07, 6.45) is 22.6. The summed E-state index contributed by atoms with van der Waals surface area (Å²) in [5.41, 5.74) is 1.87. The first-order chi connectivity index (χ1) is 19.3. The molecular weight excluding hydrogens is 651 g/mol. The molecule has 3 aliphatic rings. The third kappa shape index (κ3) is 6.52. The second-order valence-corrected chi connectivity index (χ2v) is 14.8. The number of benzene rings is 3. The van der Waals surface area contributed by atoms with Gasteiger partial charge in [-0.25, -0.2) is 0 Å². The Bertz CT molecular complexity index is 1260. The van der Waals surface area contributed by atoms with Crippen molar-refractivity contribution in [3.8, 4) is 0 Å². The number of fused-ring (bicyclic) bond motifs is 1. The maximum Gasteiger partial charge on any atom is 2.00 e. The molecule has 3 atom stereocenters. The topological polar surface area (TPSA) is 9.23 Å². The minimum absolute atomic E-state index is 0. The standard InChI is InChI=1S/C37H40OSi.2ClH.Zr/c1-2-37(31-17-13-14-18-31,36-27-26-30-16-12-15-25-35(30)36)28-29-38-39(32-19-6-3-7-20-32,33-21-8-4-9-22-33)34-23-10-5-11-24-34;;;/h3-15,17-25,30-31,36H,2,16,26-29H2,1H3;2*1H;/q;;;+2/p-2. The summed E-state index contributed by atoms with van der Waals surface area (Å²) in [7, 11) is -2.71. The molecule has 0 spiro atoms. The molecule has 0 bridgehead atoms. The van der Waals surface area contributed by atoms with Gasteiger partial charge in [0, 0.05) is 12.5 Å². The van der Waals surface area contributed by atoms with E-state index >= 15 is 0 Å². The first kappa shape index (κ1) is 34.7. The number of rotatable bonds is 10. The zero-order chi connectivity index (χ0) is 26.5. The maximum atomic E-state index is 7.46. The molecule has 0 aromatic heterocycles. The van der Waals surface area contributed by atoms with Crippen molar-refractivity contribution in [1.82, 2.24) is 0 Å². The fourth-order valence-electron chi connectivity index (χ4n) is 7.74. The molecule has 1 nitrogen and oxygen atoms in total. The van der Waals surface area contributed by atoms with Gasteiger partial charge in [0.15, 0.2) is 0 Å². The summed E-state index contributed by atoms with van der Waals surface area (Å²) < 4.78 is 7.46. The van der Waals surface area contributed by atoms with Gasteiger partial charge in [-0.2, -0.15) is 0 Å². The van der Waals surface area contributed by atoms with Gasteiger partial charge in [-0.15, -0.1) is 0 Å². The van der Waals surface area contributed by atoms with Gasteiger partial charge in [0.1, 0.15) is 0 Å². The summed E-state index contributed by atoms with van der Waals surface area (Å²) in [6.45, 7) is 3.17. The molecule has 3 unspecified atom stereocenters. The summed E-state index contributed by atoms with van der Waals surface area (Å²) >= 11 is 0. The zero-order valence-electron chi connectivity index (χ0n) is 24.3. The molecule has 1 saturated carbocycles. The minimum Gasteiger partial charge on any atom is -1.00 e. The second-order valence-electron chi connectivity index (χ2n) is 11.4. The fraction of sp³-hybridized carbons (Fsp3) is 0.297. The van der Waals surface area contributed by atoms with Crippen molar-refractivity contribution in [2.45, 2.75) is 39.0 Å². The Balaban J connectivity index is 0.00000161. The maximum absolute atomic E-state index is 7.46. The average Bonchev–Trinajstić information content (AvgIpc) is 3.71. The Morgan fingerprint density at radius 3 is 1.76 bits per heavy atom. The van der Waals surface area contributed by atoms with E-state index < -0.39 is 8.32 Å². The quantitative estimate of drug-likeness (QED) is 0.229. The van der Waals surface area contributed by atoms with Crippen molar-refractivity contribution in [3.63, 3.8) is 0 Å². The van der Waals surface area contributed by atoms with Gasteiger partial charge in [-0.05, 0) is 64.9 Å². The van der Waals surface area contributed by atoms with Gasteiger partial charge < -0.3 is 29.2 Å². The molecule has 3 aromatic rings. The number of halogens is 2. The molecule has 216 valence electrons. The summed E-state index contributed by atoms with van der Waals surface area (Å²) in [4.78, 5) is 0. The van der Waals surface area contributed by atoms with Crippen LogP contribution in [-0.4, -0.2) is 14.9 Å². The predicted octanol–water partition coefficient (Wildman–Crippen LogP) is 1.12. The molecule has 42 heavy (non-hydrogen) atoms. The van der Waals surface area contributed by atoms with Crippen LogP contribution >= 0.6 is 0 Å². The smallest absolute Gasteiger partial charge is 1.00 e. The Kier molecular flexibility index (Phi) is 13.1. The predicted molar refractivity (Wildman–Crippen MR) is 167 cm³/mol. The van der Waals surface area contributed by atoms with E-state index in [1.54, 1.807) is 5.57 Å². The monoisotopic (exact) mass is 688 g/mol. The van der Waals surface area contributed by atoms with E-state index in [9.17, 15) is 0 Å². The number of allylic oxidation sites excluding steroid dienone is 8. The average molecular weight is 691 g/mol. The third-order valence-corrected chi connectivity index (χ3v) is 13.8. The first-order valence-corrected chi connectivity index (χ1v) is 16.7. The van der Waals surface area contributed by atoms with Crippen LogP contribution in [0.25, 0.3) is 0 Å². The molecule has 3 aromatic carbocycles. The molecule has 0 aliphatic heterocycles. The van der Waals surface area contributed by atoms with E-state index in [4.69, 9.17) is 4.43 Å². The SMILES string of the molecule is CCC(CCO[Si](c1ccccc1)(c1ccccc1)c1ccccc1)(C1C=CC=C1)C1CCC2CC=CC=C21.[Cl-].[Cl-].[Zr+2]. The number of hydrogen-bond acceptors (Lipinski definition) is 1. The van der Waals surface area contributed by atoms with Crippen molar-refractivity contribution in [2.75, 3.05) is 6.61 Å². The van der Waals surface area contributed by atoms with Crippen LogP contribution in [0.3, 0.4) is 0 Å². The van der Waals surface area contributed by atoms with Crippen LogP contribution in [0.2, 0.25) is 0 Å². The van der Waals surface area contributed by atoms with Crippen LogP contribution in [-0.2, 0) is 30.6 Å². The van der Waals surface area contributed by atoms with E-state index in [-0.39, 0.29) is 56.4 Å². The first-order valence-electron chi connectivity index (χ1n) is 14.8. The minimum atomic E-state index is -2.71. The third-order valence-electron chi connectivity index (χ3n) is 9.71. The molecule has 0 saturated heterocycles. The Morgan fingerprint density at radius 2 is 1.26 bits per heavy atom. The van der Waals surface area contributed by atoms with Crippen molar-refractivity contribution in [2.24, 2.45) is 23.2 Å². The van der Waals surface area contributed by atoms with Gasteiger partial charge in [-0.1, -0.05) is 146 Å². The number of hydrogen-bond donors (Lipinski definition) is 0. The van der Waals surface area contributed by atoms with E-state index in [0.717, 1.165) is 25.4 Å². The van der Waals surface area contributed by atoms with Crippen LogP contribution < -0.4 is 40.4 Å². The molecule has 5 heteroatoms. The van der Waals surface area contributed by atoms with Gasteiger partial charge in [0.2, 0.25) is 0 Å². The molecule has 3 aliphatic carbocycles. The molecule has 0 N–H and O–H groups in total. The normalized spacial score (nSPS) is 20.5. The van der Waals surface area contributed by atoms with Crippen LogP contribution in [0.15, 0.2) is 139 Å². The molecule has 0 heterocycles. The Labute approximate surface area is 285 Å². The van der Waals surface area contributed by atoms with Crippen molar-refractivity contribution >= 4 is 23.9 Å².